The van der Waals surface area contributed by atoms with Gasteiger partial charge in [0.2, 0.25) is 15.9 Å². The number of halogens is 1. The highest BCUT2D eigenvalue weighted by Crippen LogP contribution is 2.21. The Morgan fingerprint density at radius 1 is 1.12 bits per heavy atom. The fourth-order valence-electron chi connectivity index (χ4n) is 2.60. The molecule has 0 aromatic heterocycles. The third-order valence-corrected chi connectivity index (χ3v) is 5.42. The van der Waals surface area contributed by atoms with Gasteiger partial charge >= 0.3 is 0 Å². The van der Waals surface area contributed by atoms with E-state index in [1.165, 1.54) is 0 Å². The zero-order valence-corrected chi connectivity index (χ0v) is 16.6. The van der Waals surface area contributed by atoms with Gasteiger partial charge < -0.3 is 5.32 Å². The Morgan fingerprint density at radius 2 is 1.69 bits per heavy atom. The molecule has 2 aromatic carbocycles. The number of hydrogen-bond acceptors (Lipinski definition) is 3. The summed E-state index contributed by atoms with van der Waals surface area (Å²) in [7, 11) is -3.61. The molecule has 0 aliphatic heterocycles. The molecule has 2 rings (SSSR count). The molecular weight excluding hydrogens is 372 g/mol. The summed E-state index contributed by atoms with van der Waals surface area (Å²) in [5.74, 6) is -0.363. The second-order valence-corrected chi connectivity index (χ2v) is 8.53. The van der Waals surface area contributed by atoms with Crippen LogP contribution in [-0.2, 0) is 14.8 Å². The molecule has 2 aromatic rings. The Labute approximate surface area is 160 Å². The SMILES string of the molecule is CC[C@H](NC(=O)CN(c1ccc(Cl)cc1)S(C)(=O)=O)c1ccc(C)cc1. The first-order chi connectivity index (χ1) is 12.2. The lowest BCUT2D eigenvalue weighted by atomic mass is 10.0. The first kappa shape index (κ1) is 20.3. The molecule has 0 fully saturated rings. The highest BCUT2D eigenvalue weighted by molar-refractivity contribution is 7.92. The van der Waals surface area contributed by atoms with Crippen LogP contribution in [0.2, 0.25) is 5.02 Å². The number of benzene rings is 2. The van der Waals surface area contributed by atoms with Gasteiger partial charge in [-0.15, -0.1) is 0 Å². The van der Waals surface area contributed by atoms with Gasteiger partial charge in [-0.3, -0.25) is 9.10 Å². The fourth-order valence-corrected chi connectivity index (χ4v) is 3.58. The number of hydrogen-bond donors (Lipinski definition) is 1. The van der Waals surface area contributed by atoms with Crippen molar-refractivity contribution < 1.29 is 13.2 Å². The third-order valence-electron chi connectivity index (χ3n) is 4.03. The molecule has 1 N–H and O–H groups in total. The summed E-state index contributed by atoms with van der Waals surface area (Å²) in [6, 6.07) is 14.1. The van der Waals surface area contributed by atoms with E-state index < -0.39 is 10.0 Å². The van der Waals surface area contributed by atoms with Crippen molar-refractivity contribution in [1.29, 1.82) is 0 Å². The van der Waals surface area contributed by atoms with Crippen LogP contribution in [0.3, 0.4) is 0 Å². The predicted molar refractivity (Wildman–Crippen MR) is 106 cm³/mol. The zero-order valence-electron chi connectivity index (χ0n) is 15.1. The maximum atomic E-state index is 12.5. The van der Waals surface area contributed by atoms with Crippen molar-refractivity contribution in [1.82, 2.24) is 5.32 Å². The van der Waals surface area contributed by atoms with E-state index in [9.17, 15) is 13.2 Å². The summed E-state index contributed by atoms with van der Waals surface area (Å²) in [5, 5.41) is 3.41. The molecule has 0 saturated carbocycles. The lowest BCUT2D eigenvalue weighted by molar-refractivity contribution is -0.120. The summed E-state index contributed by atoms with van der Waals surface area (Å²) >= 11 is 5.86. The van der Waals surface area contributed by atoms with E-state index in [2.05, 4.69) is 5.32 Å². The average Bonchev–Trinajstić information content (AvgIpc) is 2.58. The predicted octanol–water partition coefficient (Wildman–Crippen LogP) is 3.68. The second-order valence-electron chi connectivity index (χ2n) is 6.19. The number of sulfonamides is 1. The Hall–Kier alpha value is -2.05. The molecule has 0 unspecified atom stereocenters. The van der Waals surface area contributed by atoms with Crippen molar-refractivity contribution in [3.63, 3.8) is 0 Å². The maximum Gasteiger partial charge on any atom is 0.241 e. The lowest BCUT2D eigenvalue weighted by Crippen LogP contribution is -2.41. The van der Waals surface area contributed by atoms with Crippen LogP contribution in [0, 0.1) is 6.92 Å². The number of carbonyl (C=O) groups is 1. The van der Waals surface area contributed by atoms with E-state index in [4.69, 9.17) is 11.6 Å². The minimum Gasteiger partial charge on any atom is -0.348 e. The van der Waals surface area contributed by atoms with E-state index >= 15 is 0 Å². The average molecular weight is 395 g/mol. The molecule has 0 aliphatic carbocycles. The Bertz CT molecular complexity index is 849. The first-order valence-corrected chi connectivity index (χ1v) is 10.5. The molecule has 1 amide bonds. The van der Waals surface area contributed by atoms with Gasteiger partial charge in [-0.2, -0.15) is 0 Å². The minimum absolute atomic E-state index is 0.172. The molecule has 0 saturated heterocycles. The molecule has 0 spiro atoms. The first-order valence-electron chi connectivity index (χ1n) is 8.30. The molecule has 0 heterocycles. The van der Waals surface area contributed by atoms with Gasteiger partial charge in [0.15, 0.2) is 0 Å². The van der Waals surface area contributed by atoms with Crippen LogP contribution in [-0.4, -0.2) is 27.1 Å². The summed E-state index contributed by atoms with van der Waals surface area (Å²) in [6.07, 6.45) is 1.78. The molecule has 0 bridgehead atoms. The largest absolute Gasteiger partial charge is 0.348 e. The highest BCUT2D eigenvalue weighted by atomic mass is 35.5. The van der Waals surface area contributed by atoms with Gasteiger partial charge in [0.05, 0.1) is 18.0 Å². The van der Waals surface area contributed by atoms with Gasteiger partial charge in [0.1, 0.15) is 6.54 Å². The number of aryl methyl sites for hydroxylation is 1. The van der Waals surface area contributed by atoms with Crippen LogP contribution >= 0.6 is 11.6 Å². The molecular formula is C19H23ClN2O3S. The molecule has 5 nitrogen and oxygen atoms in total. The second kappa shape index (κ2) is 8.56. The topological polar surface area (TPSA) is 66.5 Å². The standard InChI is InChI=1S/C19H23ClN2O3S/c1-4-18(15-7-5-14(2)6-8-15)21-19(23)13-22(26(3,24)25)17-11-9-16(20)10-12-17/h5-12,18H,4,13H2,1-3H3,(H,21,23)/t18-/m0/s1. The Balaban J connectivity index is 2.16. The summed E-state index contributed by atoms with van der Waals surface area (Å²) in [6.45, 7) is 3.68. The quantitative estimate of drug-likeness (QED) is 0.778. The van der Waals surface area contributed by atoms with Crippen LogP contribution < -0.4 is 9.62 Å². The minimum atomic E-state index is -3.61. The van der Waals surface area contributed by atoms with Crippen molar-refractivity contribution in [2.75, 3.05) is 17.1 Å². The van der Waals surface area contributed by atoms with Crippen LogP contribution in [0.25, 0.3) is 0 Å². The Morgan fingerprint density at radius 3 is 2.19 bits per heavy atom. The molecule has 0 radical (unpaired) electrons. The number of anilines is 1. The number of carbonyl (C=O) groups excluding carboxylic acids is 1. The van der Waals surface area contributed by atoms with Crippen molar-refractivity contribution in [3.05, 3.63) is 64.7 Å². The summed E-state index contributed by atoms with van der Waals surface area (Å²) in [5.41, 5.74) is 2.53. The van der Waals surface area contributed by atoms with E-state index in [0.29, 0.717) is 17.1 Å². The van der Waals surface area contributed by atoms with Crippen molar-refractivity contribution >= 4 is 33.2 Å². The van der Waals surface area contributed by atoms with Crippen molar-refractivity contribution in [2.45, 2.75) is 26.3 Å². The van der Waals surface area contributed by atoms with Crippen LogP contribution in [0.1, 0.15) is 30.5 Å². The van der Waals surface area contributed by atoms with E-state index in [1.54, 1.807) is 24.3 Å². The smallest absolute Gasteiger partial charge is 0.241 e. The van der Waals surface area contributed by atoms with E-state index in [1.807, 2.05) is 38.1 Å². The summed E-state index contributed by atoms with van der Waals surface area (Å²) in [4.78, 5) is 12.5. The van der Waals surface area contributed by atoms with Crippen molar-refractivity contribution in [2.24, 2.45) is 0 Å². The van der Waals surface area contributed by atoms with Crippen molar-refractivity contribution in [3.8, 4) is 0 Å². The molecule has 26 heavy (non-hydrogen) atoms. The number of nitrogens with one attached hydrogen (secondary N) is 1. The normalized spacial score (nSPS) is 12.5. The highest BCUT2D eigenvalue weighted by Gasteiger charge is 2.22. The Kier molecular flexibility index (Phi) is 6.67. The van der Waals surface area contributed by atoms with Gasteiger partial charge in [-0.25, -0.2) is 8.42 Å². The summed E-state index contributed by atoms with van der Waals surface area (Å²) < 4.78 is 25.3. The van der Waals surface area contributed by atoms with Gasteiger partial charge in [-0.05, 0) is 43.2 Å². The fraction of sp³-hybridized carbons (Fsp3) is 0.316. The van der Waals surface area contributed by atoms with E-state index in [-0.39, 0.29) is 18.5 Å². The molecule has 0 aliphatic rings. The molecule has 140 valence electrons. The van der Waals surface area contributed by atoms with Gasteiger partial charge in [0, 0.05) is 5.02 Å². The molecule has 1 atom stereocenters. The lowest BCUT2D eigenvalue weighted by Gasteiger charge is -2.24. The number of nitrogens with zero attached hydrogens (tertiary/aromatic N) is 1. The monoisotopic (exact) mass is 394 g/mol. The molecule has 7 heteroatoms. The number of rotatable bonds is 7. The van der Waals surface area contributed by atoms with Crippen LogP contribution in [0.5, 0.6) is 0 Å². The van der Waals surface area contributed by atoms with Gasteiger partial charge in [0.25, 0.3) is 0 Å². The van der Waals surface area contributed by atoms with Crippen LogP contribution in [0.4, 0.5) is 5.69 Å². The zero-order chi connectivity index (χ0) is 19.3. The van der Waals surface area contributed by atoms with Crippen LogP contribution in [0.15, 0.2) is 48.5 Å². The number of amides is 1. The maximum absolute atomic E-state index is 12.5. The van der Waals surface area contributed by atoms with Gasteiger partial charge in [-0.1, -0.05) is 48.4 Å². The van der Waals surface area contributed by atoms with E-state index in [0.717, 1.165) is 21.7 Å². The third kappa shape index (κ3) is 5.47.